The summed E-state index contributed by atoms with van der Waals surface area (Å²) >= 11 is 6.31. The molecule has 2 N–H and O–H groups in total. The lowest BCUT2D eigenvalue weighted by Crippen LogP contribution is -2.03. The zero-order valence-electron chi connectivity index (χ0n) is 10.7. The molecule has 0 saturated heterocycles. The Morgan fingerprint density at radius 3 is 2.78 bits per heavy atom. The van der Waals surface area contributed by atoms with Crippen molar-refractivity contribution in [1.29, 1.82) is 0 Å². The second kappa shape index (κ2) is 5.40. The Hall–Kier alpha value is -1.55. The molecule has 0 unspecified atom stereocenters. The van der Waals surface area contributed by atoms with Crippen molar-refractivity contribution in [3.63, 3.8) is 0 Å². The normalized spacial score (nSPS) is 10.8. The van der Waals surface area contributed by atoms with E-state index in [4.69, 9.17) is 17.3 Å². The van der Waals surface area contributed by atoms with Gasteiger partial charge in [0.15, 0.2) is 0 Å². The van der Waals surface area contributed by atoms with Gasteiger partial charge in [0.05, 0.1) is 16.4 Å². The Labute approximate surface area is 112 Å². The minimum atomic E-state index is 0.777. The molecule has 0 aliphatic rings. The highest BCUT2D eigenvalue weighted by Gasteiger charge is 2.13. The molecule has 0 fully saturated rings. The van der Waals surface area contributed by atoms with Crippen LogP contribution in [0.15, 0.2) is 18.5 Å². The quantitative estimate of drug-likeness (QED) is 0.923. The van der Waals surface area contributed by atoms with E-state index in [1.165, 1.54) is 0 Å². The molecule has 4 nitrogen and oxygen atoms in total. The topological polar surface area (TPSA) is 56.7 Å². The van der Waals surface area contributed by atoms with Gasteiger partial charge in [0.25, 0.3) is 0 Å². The van der Waals surface area contributed by atoms with E-state index in [-0.39, 0.29) is 0 Å². The van der Waals surface area contributed by atoms with Crippen molar-refractivity contribution in [3.05, 3.63) is 40.4 Å². The number of aryl methyl sites for hydroxylation is 3. The lowest BCUT2D eigenvalue weighted by molar-refractivity contribution is 0.692. The molecule has 0 spiro atoms. The maximum absolute atomic E-state index is 6.31. The molecule has 0 aliphatic heterocycles. The average Bonchev–Trinajstić information content (AvgIpc) is 2.64. The van der Waals surface area contributed by atoms with Gasteiger partial charge in [-0.05, 0) is 30.9 Å². The summed E-state index contributed by atoms with van der Waals surface area (Å²) in [5, 5.41) is 5.18. The molecule has 0 atom stereocenters. The van der Waals surface area contributed by atoms with Crippen LogP contribution >= 0.6 is 11.6 Å². The molecule has 96 valence electrons. The predicted molar refractivity (Wildman–Crippen MR) is 73.7 cm³/mol. The van der Waals surface area contributed by atoms with Gasteiger partial charge < -0.3 is 5.73 Å². The van der Waals surface area contributed by atoms with Crippen molar-refractivity contribution in [2.45, 2.75) is 26.2 Å². The first-order chi connectivity index (χ1) is 8.63. The predicted octanol–water partition coefficient (Wildman–Crippen LogP) is 2.40. The van der Waals surface area contributed by atoms with E-state index >= 15 is 0 Å². The fourth-order valence-electron chi connectivity index (χ4n) is 1.99. The van der Waals surface area contributed by atoms with Crippen LogP contribution in [0, 0.1) is 0 Å². The number of hydrogen-bond donors (Lipinski definition) is 1. The number of pyridine rings is 1. The van der Waals surface area contributed by atoms with Gasteiger partial charge >= 0.3 is 0 Å². The number of hydrogen-bond acceptors (Lipinski definition) is 3. The third-order valence-electron chi connectivity index (χ3n) is 3.08. The van der Waals surface area contributed by atoms with Gasteiger partial charge in [0, 0.05) is 25.1 Å². The van der Waals surface area contributed by atoms with E-state index in [9.17, 15) is 0 Å². The van der Waals surface area contributed by atoms with Crippen molar-refractivity contribution >= 4 is 17.3 Å². The first kappa shape index (κ1) is 12.9. The number of halogens is 1. The van der Waals surface area contributed by atoms with Crippen LogP contribution in [0.3, 0.4) is 0 Å². The monoisotopic (exact) mass is 264 g/mol. The van der Waals surface area contributed by atoms with Gasteiger partial charge in [-0.3, -0.25) is 9.67 Å². The molecular weight excluding hydrogens is 248 g/mol. The third kappa shape index (κ3) is 2.48. The minimum Gasteiger partial charge on any atom is -0.398 e. The first-order valence-corrected chi connectivity index (χ1v) is 6.39. The summed E-state index contributed by atoms with van der Waals surface area (Å²) in [5.41, 5.74) is 9.73. The van der Waals surface area contributed by atoms with E-state index in [1.807, 2.05) is 17.8 Å². The summed E-state index contributed by atoms with van der Waals surface area (Å²) < 4.78 is 1.85. The average molecular weight is 265 g/mol. The molecule has 0 radical (unpaired) electrons. The number of nitrogens with zero attached hydrogens (tertiary/aromatic N) is 3. The highest BCUT2D eigenvalue weighted by Crippen LogP contribution is 2.23. The second-order valence-electron chi connectivity index (χ2n) is 4.26. The highest BCUT2D eigenvalue weighted by atomic mass is 35.5. The Morgan fingerprint density at radius 1 is 1.39 bits per heavy atom. The Kier molecular flexibility index (Phi) is 3.87. The van der Waals surface area contributed by atoms with Gasteiger partial charge in [0.2, 0.25) is 0 Å². The molecule has 0 bridgehead atoms. The zero-order chi connectivity index (χ0) is 13.1. The van der Waals surface area contributed by atoms with E-state index in [1.54, 1.807) is 12.4 Å². The Balaban J connectivity index is 2.16. The van der Waals surface area contributed by atoms with Gasteiger partial charge in [-0.1, -0.05) is 18.5 Å². The van der Waals surface area contributed by atoms with Crippen molar-refractivity contribution in [3.8, 4) is 0 Å². The molecular formula is C13H17ClN4. The van der Waals surface area contributed by atoms with E-state index in [0.717, 1.165) is 46.9 Å². The summed E-state index contributed by atoms with van der Waals surface area (Å²) in [6.07, 6.45) is 5.99. The number of nitrogen functional groups attached to an aromatic ring is 1. The van der Waals surface area contributed by atoms with Crippen LogP contribution in [0.4, 0.5) is 5.69 Å². The fraction of sp³-hybridized carbons (Fsp3) is 0.385. The zero-order valence-corrected chi connectivity index (χ0v) is 11.4. The van der Waals surface area contributed by atoms with Gasteiger partial charge in [-0.15, -0.1) is 0 Å². The Morgan fingerprint density at radius 2 is 2.17 bits per heavy atom. The molecule has 0 aliphatic carbocycles. The summed E-state index contributed by atoms with van der Waals surface area (Å²) in [6.45, 7) is 2.05. The molecule has 0 amide bonds. The summed E-state index contributed by atoms with van der Waals surface area (Å²) in [4.78, 5) is 4.09. The van der Waals surface area contributed by atoms with Crippen LogP contribution < -0.4 is 5.73 Å². The van der Waals surface area contributed by atoms with Crippen molar-refractivity contribution < 1.29 is 0 Å². The summed E-state index contributed by atoms with van der Waals surface area (Å²) in [5.74, 6) is 0. The maximum atomic E-state index is 6.31. The van der Waals surface area contributed by atoms with Gasteiger partial charge in [-0.25, -0.2) is 0 Å². The third-order valence-corrected chi connectivity index (χ3v) is 3.51. The van der Waals surface area contributed by atoms with Crippen LogP contribution in [0.5, 0.6) is 0 Å². The number of rotatable bonds is 4. The number of nitrogens with two attached hydrogens (primary N) is 1. The van der Waals surface area contributed by atoms with Crippen LogP contribution in [0.1, 0.15) is 23.9 Å². The van der Waals surface area contributed by atoms with Gasteiger partial charge in [-0.2, -0.15) is 5.10 Å². The minimum absolute atomic E-state index is 0.777. The lowest BCUT2D eigenvalue weighted by Gasteiger charge is -2.05. The molecule has 2 heterocycles. The van der Waals surface area contributed by atoms with E-state index in [0.29, 0.717) is 0 Å². The van der Waals surface area contributed by atoms with Gasteiger partial charge in [0.1, 0.15) is 0 Å². The molecule has 2 aromatic heterocycles. The SMILES string of the molecule is CCc1nn(C)c(CCc2cnccc2N)c1Cl. The van der Waals surface area contributed by atoms with E-state index < -0.39 is 0 Å². The van der Waals surface area contributed by atoms with Crippen molar-refractivity contribution in [2.24, 2.45) is 7.05 Å². The molecule has 2 rings (SSSR count). The van der Waals surface area contributed by atoms with Crippen molar-refractivity contribution in [1.82, 2.24) is 14.8 Å². The molecule has 0 aromatic carbocycles. The number of anilines is 1. The lowest BCUT2D eigenvalue weighted by atomic mass is 10.1. The highest BCUT2D eigenvalue weighted by molar-refractivity contribution is 6.31. The van der Waals surface area contributed by atoms with Crippen LogP contribution in [-0.4, -0.2) is 14.8 Å². The number of aromatic nitrogens is 3. The van der Waals surface area contributed by atoms with Crippen LogP contribution in [-0.2, 0) is 26.3 Å². The molecule has 2 aromatic rings. The molecule has 5 heteroatoms. The largest absolute Gasteiger partial charge is 0.398 e. The Bertz CT molecular complexity index is 548. The van der Waals surface area contributed by atoms with Crippen LogP contribution in [0.2, 0.25) is 5.02 Å². The fourth-order valence-corrected chi connectivity index (χ4v) is 2.38. The van der Waals surface area contributed by atoms with Crippen LogP contribution in [0.25, 0.3) is 0 Å². The first-order valence-electron chi connectivity index (χ1n) is 6.02. The second-order valence-corrected chi connectivity index (χ2v) is 4.64. The summed E-state index contributed by atoms with van der Waals surface area (Å²) in [6, 6.07) is 1.82. The standard InChI is InChI=1S/C13H17ClN4/c1-3-11-13(14)12(18(2)17-11)5-4-9-8-16-7-6-10(9)15/h6-8H,3-5H2,1-2H3,(H2,15,16). The smallest absolute Gasteiger partial charge is 0.0849 e. The van der Waals surface area contributed by atoms with Crippen molar-refractivity contribution in [2.75, 3.05) is 5.73 Å². The van der Waals surface area contributed by atoms with E-state index in [2.05, 4.69) is 17.0 Å². The molecule has 0 saturated carbocycles. The molecule has 18 heavy (non-hydrogen) atoms. The summed E-state index contributed by atoms with van der Waals surface area (Å²) in [7, 11) is 1.92. The maximum Gasteiger partial charge on any atom is 0.0849 e.